The van der Waals surface area contributed by atoms with Crippen LogP contribution in [0.25, 0.3) is 0 Å². The SMILES string of the molecule is C=C1CC(CC([C@@H]2CCOCC2=C)[C@@]23CCC(COC4CC[C@H](CC(=O)CC5CO[C@H](CCCO)[C@@H]5OC)OC4C(COC)O2)O3)OC1C. The molecule has 1 N–H and O–H groups in total. The van der Waals surface area contributed by atoms with Crippen LogP contribution in [0, 0.1) is 17.8 Å². The highest BCUT2D eigenvalue weighted by molar-refractivity contribution is 5.79. The summed E-state index contributed by atoms with van der Waals surface area (Å²) in [6.45, 7) is 13.4. The lowest BCUT2D eigenvalue weighted by Crippen LogP contribution is -2.55. The van der Waals surface area contributed by atoms with Crippen LogP contribution in [-0.2, 0) is 47.4 Å². The summed E-state index contributed by atoms with van der Waals surface area (Å²) in [5.41, 5.74) is 2.19. The number of rotatable bonds is 14. The van der Waals surface area contributed by atoms with E-state index in [2.05, 4.69) is 20.1 Å². The first-order chi connectivity index (χ1) is 23.7. The van der Waals surface area contributed by atoms with Crippen molar-refractivity contribution in [1.82, 2.24) is 0 Å². The Morgan fingerprint density at radius 3 is 2.59 bits per heavy atom. The van der Waals surface area contributed by atoms with Gasteiger partial charge in [-0.3, -0.25) is 4.79 Å². The summed E-state index contributed by atoms with van der Waals surface area (Å²) in [5, 5.41) is 9.27. The van der Waals surface area contributed by atoms with E-state index in [1.54, 1.807) is 14.2 Å². The van der Waals surface area contributed by atoms with E-state index in [-0.39, 0.29) is 72.9 Å². The lowest BCUT2D eigenvalue weighted by atomic mass is 9.74. The summed E-state index contributed by atoms with van der Waals surface area (Å²) < 4.78 is 57.3. The fourth-order valence-electron chi connectivity index (χ4n) is 9.33. The van der Waals surface area contributed by atoms with Gasteiger partial charge in [0.1, 0.15) is 18.0 Å². The zero-order valence-electron chi connectivity index (χ0n) is 29.9. The van der Waals surface area contributed by atoms with Gasteiger partial charge in [-0.25, -0.2) is 0 Å². The number of methoxy groups -OCH3 is 2. The summed E-state index contributed by atoms with van der Waals surface area (Å²) >= 11 is 0. The van der Waals surface area contributed by atoms with Crippen molar-refractivity contribution < 1.29 is 52.5 Å². The maximum Gasteiger partial charge on any atom is 0.172 e. The quantitative estimate of drug-likeness (QED) is 0.262. The largest absolute Gasteiger partial charge is 0.396 e. The predicted molar refractivity (Wildman–Crippen MR) is 180 cm³/mol. The Balaban J connectivity index is 1.18. The molecule has 0 aromatic heterocycles. The van der Waals surface area contributed by atoms with Gasteiger partial charge in [0.25, 0.3) is 0 Å². The maximum absolute atomic E-state index is 13.5. The van der Waals surface area contributed by atoms with Crippen molar-refractivity contribution >= 4 is 5.78 Å². The van der Waals surface area contributed by atoms with E-state index in [1.165, 1.54) is 0 Å². The monoisotopic (exact) mass is 692 g/mol. The Hall–Kier alpha value is -1.25. The average Bonchev–Trinajstić information content (AvgIpc) is 3.78. The molecule has 0 aromatic carbocycles. The van der Waals surface area contributed by atoms with Crippen molar-refractivity contribution in [2.75, 3.05) is 53.9 Å². The number of fused-ring (bicyclic) bond motifs is 3. The highest BCUT2D eigenvalue weighted by atomic mass is 16.7. The van der Waals surface area contributed by atoms with Crippen LogP contribution < -0.4 is 0 Å². The molecular weight excluding hydrogens is 632 g/mol. The maximum atomic E-state index is 13.5. The van der Waals surface area contributed by atoms with E-state index in [4.69, 9.17) is 42.6 Å². The Morgan fingerprint density at radius 2 is 1.86 bits per heavy atom. The molecule has 6 aliphatic heterocycles. The lowest BCUT2D eigenvalue weighted by Gasteiger charge is -2.47. The Bertz CT molecular complexity index is 1130. The number of aliphatic hydroxyl groups is 1. The zero-order valence-corrected chi connectivity index (χ0v) is 29.9. The summed E-state index contributed by atoms with van der Waals surface area (Å²) in [6, 6.07) is 0. The Kier molecular flexibility index (Phi) is 13.1. The van der Waals surface area contributed by atoms with Gasteiger partial charge in [-0.1, -0.05) is 13.2 Å². The number of ketones is 1. The van der Waals surface area contributed by atoms with Gasteiger partial charge in [-0.2, -0.15) is 0 Å². The van der Waals surface area contributed by atoms with Gasteiger partial charge in [-0.15, -0.1) is 0 Å². The summed E-state index contributed by atoms with van der Waals surface area (Å²) in [7, 11) is 3.35. The van der Waals surface area contributed by atoms with Crippen LogP contribution in [0.15, 0.2) is 24.3 Å². The molecule has 11 nitrogen and oxygen atoms in total. The third-order valence-electron chi connectivity index (χ3n) is 11.8. The van der Waals surface area contributed by atoms with Crippen molar-refractivity contribution in [1.29, 1.82) is 0 Å². The van der Waals surface area contributed by atoms with Gasteiger partial charge in [0.2, 0.25) is 0 Å². The van der Waals surface area contributed by atoms with Crippen LogP contribution in [0.4, 0.5) is 0 Å². The predicted octanol–water partition coefficient (Wildman–Crippen LogP) is 4.32. The van der Waals surface area contributed by atoms with Crippen molar-refractivity contribution in [3.8, 4) is 0 Å². The van der Waals surface area contributed by atoms with Crippen molar-refractivity contribution in [2.24, 2.45) is 17.8 Å². The van der Waals surface area contributed by atoms with E-state index in [1.807, 2.05) is 0 Å². The molecule has 278 valence electrons. The second-order valence-corrected chi connectivity index (χ2v) is 15.2. The summed E-state index contributed by atoms with van der Waals surface area (Å²) in [4.78, 5) is 13.5. The molecule has 13 atom stereocenters. The molecule has 6 heterocycles. The first-order valence-corrected chi connectivity index (χ1v) is 18.7. The van der Waals surface area contributed by atoms with Crippen LogP contribution in [0.1, 0.15) is 77.6 Å². The topological polar surface area (TPSA) is 120 Å². The number of Topliss-reactive ketones (excluding diaryl/α,β-unsaturated/α-hetero) is 1. The molecule has 49 heavy (non-hydrogen) atoms. The highest BCUT2D eigenvalue weighted by Crippen LogP contribution is 2.50. The molecule has 0 aromatic rings. The lowest BCUT2D eigenvalue weighted by molar-refractivity contribution is -0.308. The summed E-state index contributed by atoms with van der Waals surface area (Å²) in [5.74, 6) is -0.637. The Labute approximate surface area is 292 Å². The molecule has 0 aliphatic carbocycles. The third kappa shape index (κ3) is 8.70. The first kappa shape index (κ1) is 37.5. The van der Waals surface area contributed by atoms with Crippen LogP contribution >= 0.6 is 0 Å². The molecule has 6 aliphatic rings. The smallest absolute Gasteiger partial charge is 0.172 e. The molecule has 2 bridgehead atoms. The molecule has 11 heteroatoms. The van der Waals surface area contributed by atoms with E-state index < -0.39 is 18.0 Å². The number of hydrogen-bond donors (Lipinski definition) is 1. The van der Waals surface area contributed by atoms with Crippen LogP contribution in [0.2, 0.25) is 0 Å². The first-order valence-electron chi connectivity index (χ1n) is 18.7. The van der Waals surface area contributed by atoms with Crippen molar-refractivity contribution in [3.63, 3.8) is 0 Å². The molecule has 6 saturated heterocycles. The van der Waals surface area contributed by atoms with Gasteiger partial charge in [0.05, 0.1) is 69.2 Å². The number of carbonyl (C=O) groups is 1. The fourth-order valence-corrected chi connectivity index (χ4v) is 9.33. The number of carbonyl (C=O) groups excluding carboxylic acids is 1. The van der Waals surface area contributed by atoms with E-state index in [9.17, 15) is 9.90 Å². The molecule has 6 fully saturated rings. The van der Waals surface area contributed by atoms with Crippen LogP contribution in [-0.4, -0.2) is 125 Å². The second kappa shape index (κ2) is 17.1. The number of hydrogen-bond acceptors (Lipinski definition) is 11. The van der Waals surface area contributed by atoms with Gasteiger partial charge in [-0.05, 0) is 75.4 Å². The van der Waals surface area contributed by atoms with Gasteiger partial charge in [0.15, 0.2) is 5.79 Å². The highest BCUT2D eigenvalue weighted by Gasteiger charge is 2.56. The Morgan fingerprint density at radius 1 is 1.00 bits per heavy atom. The number of aliphatic hydroxyl groups excluding tert-OH is 1. The molecule has 8 unspecified atom stereocenters. The van der Waals surface area contributed by atoms with Crippen LogP contribution in [0.3, 0.4) is 0 Å². The van der Waals surface area contributed by atoms with Gasteiger partial charge >= 0.3 is 0 Å². The van der Waals surface area contributed by atoms with Crippen molar-refractivity contribution in [3.05, 3.63) is 24.3 Å². The minimum absolute atomic E-state index is 0.0104. The third-order valence-corrected chi connectivity index (χ3v) is 11.8. The molecular formula is C38H60O11. The molecule has 6 rings (SSSR count). The van der Waals surface area contributed by atoms with Crippen LogP contribution in [0.5, 0.6) is 0 Å². The molecule has 0 amide bonds. The van der Waals surface area contributed by atoms with Gasteiger partial charge < -0.3 is 47.7 Å². The standard InChI is InChI=1S/C38H60O11/c1-23-15-30(46-25(23)3)18-32(31-11-14-43-19-24(31)2)38-12-10-29(48-38)21-45-34-9-8-28(47-37(34)35(49-38)22-41-4)17-27(40)16-26-20-44-33(7-6-13-39)36(26)42-5/h25-26,28-37,39H,1-2,6-22H2,3-5H3/t25?,26?,28-,29?,30?,31-,32?,33-,34?,35?,36-,37?,38-/m1/s1. The second-order valence-electron chi connectivity index (χ2n) is 15.2. The van der Waals surface area contributed by atoms with Gasteiger partial charge in [0, 0.05) is 58.5 Å². The van der Waals surface area contributed by atoms with E-state index >= 15 is 0 Å². The summed E-state index contributed by atoms with van der Waals surface area (Å²) in [6.07, 6.45) is 5.90. The van der Waals surface area contributed by atoms with E-state index in [0.717, 1.165) is 56.1 Å². The fraction of sp³-hybridized carbons (Fsp3) is 0.868. The van der Waals surface area contributed by atoms with E-state index in [0.29, 0.717) is 58.7 Å². The minimum Gasteiger partial charge on any atom is -0.396 e. The average molecular weight is 693 g/mol. The van der Waals surface area contributed by atoms with Crippen molar-refractivity contribution in [2.45, 2.75) is 138 Å². The zero-order chi connectivity index (χ0) is 34.5. The number of ether oxygens (including phenoxy) is 9. The molecule has 0 radical (unpaired) electrons. The molecule has 0 saturated carbocycles. The normalized spacial score (nSPS) is 42.0. The molecule has 0 spiro atoms. The minimum atomic E-state index is -0.899.